The van der Waals surface area contributed by atoms with Crippen molar-refractivity contribution in [2.24, 2.45) is 11.7 Å². The third-order valence-electron chi connectivity index (χ3n) is 5.27. The summed E-state index contributed by atoms with van der Waals surface area (Å²) in [7, 11) is 0. The summed E-state index contributed by atoms with van der Waals surface area (Å²) in [6, 6.07) is 0.239. The topological polar surface area (TPSA) is 58.3 Å². The Labute approximate surface area is 108 Å². The number of nitrogens with one attached hydrogen (secondary N) is 1. The number of piperidine rings is 1. The van der Waals surface area contributed by atoms with Gasteiger partial charge in [-0.3, -0.25) is 0 Å². The predicted octanol–water partition coefficient (Wildman–Crippen LogP) is 1.10. The zero-order valence-corrected chi connectivity index (χ0v) is 11.3. The van der Waals surface area contributed by atoms with Gasteiger partial charge in [-0.05, 0) is 62.5 Å². The molecule has 2 heterocycles. The van der Waals surface area contributed by atoms with Crippen LogP contribution in [0, 0.1) is 5.92 Å². The third-order valence-corrected chi connectivity index (χ3v) is 6.26. The van der Waals surface area contributed by atoms with Crippen LogP contribution in [0.1, 0.15) is 38.5 Å². The van der Waals surface area contributed by atoms with Crippen LogP contribution in [0.15, 0.2) is 0 Å². The molecule has 98 valence electrons. The van der Waals surface area contributed by atoms with Gasteiger partial charge >= 0.3 is 0 Å². The molecular weight excluding hydrogens is 232 g/mol. The normalized spacial score (nSPS) is 45.5. The molecule has 4 N–H and O–H groups in total. The Kier molecular flexibility index (Phi) is 3.18. The molecule has 0 radical (unpaired) electrons. The largest absolute Gasteiger partial charge is 0.386 e. The number of hydrogen-bond acceptors (Lipinski definition) is 4. The Hall–Kier alpha value is 0.230. The van der Waals surface area contributed by atoms with Gasteiger partial charge in [0, 0.05) is 11.6 Å². The second kappa shape index (κ2) is 4.41. The Balaban J connectivity index is 1.83. The van der Waals surface area contributed by atoms with E-state index in [0.717, 1.165) is 49.7 Å². The van der Waals surface area contributed by atoms with E-state index in [9.17, 15) is 5.11 Å². The molecule has 3 atom stereocenters. The molecular formula is C13H24N2OS. The zero-order valence-electron chi connectivity index (χ0n) is 10.5. The summed E-state index contributed by atoms with van der Waals surface area (Å²) in [5.74, 6) is 3.03. The molecule has 2 saturated heterocycles. The molecule has 3 aliphatic rings. The maximum absolute atomic E-state index is 11.2. The molecule has 3 fully saturated rings. The molecule has 0 aromatic heterocycles. The molecule has 17 heavy (non-hydrogen) atoms. The van der Waals surface area contributed by atoms with E-state index in [4.69, 9.17) is 5.73 Å². The van der Waals surface area contributed by atoms with Crippen LogP contribution in [0.3, 0.4) is 0 Å². The van der Waals surface area contributed by atoms with Crippen molar-refractivity contribution in [3.63, 3.8) is 0 Å². The van der Waals surface area contributed by atoms with E-state index in [2.05, 4.69) is 5.32 Å². The number of thioether (sulfide) groups is 1. The van der Waals surface area contributed by atoms with E-state index >= 15 is 0 Å². The molecule has 2 bridgehead atoms. The summed E-state index contributed by atoms with van der Waals surface area (Å²) in [5.41, 5.74) is 5.59. The fraction of sp³-hybridized carbons (Fsp3) is 1.00. The van der Waals surface area contributed by atoms with Crippen molar-refractivity contribution in [1.29, 1.82) is 0 Å². The first-order chi connectivity index (χ1) is 8.14. The average molecular weight is 256 g/mol. The molecule has 3 rings (SSSR count). The first-order valence-corrected chi connectivity index (χ1v) is 8.12. The van der Waals surface area contributed by atoms with E-state index in [0.29, 0.717) is 0 Å². The predicted molar refractivity (Wildman–Crippen MR) is 72.2 cm³/mol. The average Bonchev–Trinajstić information content (AvgIpc) is 2.36. The van der Waals surface area contributed by atoms with Crippen molar-refractivity contribution in [2.75, 3.05) is 18.1 Å². The van der Waals surface area contributed by atoms with Crippen LogP contribution in [-0.2, 0) is 0 Å². The van der Waals surface area contributed by atoms with Crippen LogP contribution in [0.2, 0.25) is 0 Å². The molecule has 0 spiro atoms. The smallest absolute Gasteiger partial charge is 0.0978 e. The molecule has 0 amide bonds. The second-order valence-corrected chi connectivity index (χ2v) is 7.35. The summed E-state index contributed by atoms with van der Waals surface area (Å²) in [4.78, 5) is 0. The van der Waals surface area contributed by atoms with Crippen LogP contribution in [0.5, 0.6) is 0 Å². The maximum atomic E-state index is 11.2. The standard InChI is InChI=1S/C13H24N2OS/c14-12(4-7-17-8-5-12)13(16)3-1-10-2-6-15-11(13)9-10/h10-11,15-16H,1-9,14H2. The van der Waals surface area contributed by atoms with E-state index in [1.54, 1.807) is 0 Å². The highest BCUT2D eigenvalue weighted by Gasteiger charge is 2.55. The van der Waals surface area contributed by atoms with Gasteiger partial charge in [-0.1, -0.05) is 0 Å². The van der Waals surface area contributed by atoms with Crippen LogP contribution >= 0.6 is 11.8 Å². The highest BCUT2D eigenvalue weighted by Crippen LogP contribution is 2.45. The Morgan fingerprint density at radius 1 is 1.18 bits per heavy atom. The lowest BCUT2D eigenvalue weighted by atomic mass is 9.62. The SMILES string of the molecule is NC1(C2(O)CCC3CCNC2C3)CCSCC1. The third kappa shape index (κ3) is 1.93. The van der Waals surface area contributed by atoms with Gasteiger partial charge in [0.2, 0.25) is 0 Å². The van der Waals surface area contributed by atoms with Crippen molar-refractivity contribution >= 4 is 11.8 Å². The first kappa shape index (κ1) is 12.3. The zero-order chi connectivity index (χ0) is 11.9. The van der Waals surface area contributed by atoms with Crippen molar-refractivity contribution < 1.29 is 5.11 Å². The molecule has 3 unspecified atom stereocenters. The van der Waals surface area contributed by atoms with Gasteiger partial charge in [-0.15, -0.1) is 0 Å². The Morgan fingerprint density at radius 2 is 1.94 bits per heavy atom. The summed E-state index contributed by atoms with van der Waals surface area (Å²) in [6.07, 6.45) is 6.41. The molecule has 1 aliphatic carbocycles. The van der Waals surface area contributed by atoms with E-state index in [-0.39, 0.29) is 11.6 Å². The lowest BCUT2D eigenvalue weighted by Gasteiger charge is -2.56. The number of rotatable bonds is 1. The van der Waals surface area contributed by atoms with Gasteiger partial charge in [-0.25, -0.2) is 0 Å². The lowest BCUT2D eigenvalue weighted by molar-refractivity contribution is -0.110. The fourth-order valence-corrected chi connectivity index (χ4v) is 5.21. The molecule has 3 nitrogen and oxygen atoms in total. The van der Waals surface area contributed by atoms with Gasteiger partial charge in [0.25, 0.3) is 0 Å². The quantitative estimate of drug-likeness (QED) is 0.658. The second-order valence-electron chi connectivity index (χ2n) is 6.13. The number of nitrogens with two attached hydrogens (primary N) is 1. The maximum Gasteiger partial charge on any atom is 0.0978 e. The molecule has 2 aliphatic heterocycles. The van der Waals surface area contributed by atoms with E-state index < -0.39 is 5.60 Å². The van der Waals surface area contributed by atoms with Crippen molar-refractivity contribution in [3.8, 4) is 0 Å². The lowest BCUT2D eigenvalue weighted by Crippen LogP contribution is -2.72. The highest BCUT2D eigenvalue weighted by molar-refractivity contribution is 7.99. The van der Waals surface area contributed by atoms with E-state index in [1.807, 2.05) is 11.8 Å². The molecule has 0 aromatic rings. The minimum Gasteiger partial charge on any atom is -0.386 e. The summed E-state index contributed by atoms with van der Waals surface area (Å²) >= 11 is 1.97. The van der Waals surface area contributed by atoms with Crippen LogP contribution in [0.4, 0.5) is 0 Å². The molecule has 0 aromatic carbocycles. The van der Waals surface area contributed by atoms with Gasteiger partial charge in [0.05, 0.1) is 5.60 Å². The molecule has 1 saturated carbocycles. The summed E-state index contributed by atoms with van der Waals surface area (Å²) in [6.45, 7) is 1.06. The minimum absolute atomic E-state index is 0.239. The Bertz CT molecular complexity index is 293. The minimum atomic E-state index is -0.662. The van der Waals surface area contributed by atoms with Gasteiger partial charge < -0.3 is 16.2 Å². The van der Waals surface area contributed by atoms with Crippen molar-refractivity contribution in [3.05, 3.63) is 0 Å². The fourth-order valence-electron chi connectivity index (χ4n) is 3.99. The van der Waals surface area contributed by atoms with Crippen molar-refractivity contribution in [2.45, 2.75) is 55.7 Å². The molecule has 4 heteroatoms. The number of fused-ring (bicyclic) bond motifs is 2. The highest BCUT2D eigenvalue weighted by atomic mass is 32.2. The van der Waals surface area contributed by atoms with Crippen LogP contribution < -0.4 is 11.1 Å². The van der Waals surface area contributed by atoms with Gasteiger partial charge in [0.15, 0.2) is 0 Å². The van der Waals surface area contributed by atoms with Crippen LogP contribution in [0.25, 0.3) is 0 Å². The van der Waals surface area contributed by atoms with Gasteiger partial charge in [-0.2, -0.15) is 11.8 Å². The number of aliphatic hydroxyl groups is 1. The summed E-state index contributed by atoms with van der Waals surface area (Å²) < 4.78 is 0. The number of hydrogen-bond donors (Lipinski definition) is 3. The Morgan fingerprint density at radius 3 is 2.71 bits per heavy atom. The van der Waals surface area contributed by atoms with Crippen molar-refractivity contribution in [1.82, 2.24) is 5.32 Å². The monoisotopic (exact) mass is 256 g/mol. The summed E-state index contributed by atoms with van der Waals surface area (Å²) in [5, 5.41) is 14.7. The van der Waals surface area contributed by atoms with Gasteiger partial charge in [0.1, 0.15) is 0 Å². The first-order valence-electron chi connectivity index (χ1n) is 6.96. The van der Waals surface area contributed by atoms with E-state index in [1.165, 1.54) is 12.8 Å². The van der Waals surface area contributed by atoms with Crippen LogP contribution in [-0.4, -0.2) is 40.3 Å².